The van der Waals surface area contributed by atoms with Gasteiger partial charge in [-0.05, 0) is 36.4 Å². The van der Waals surface area contributed by atoms with Crippen LogP contribution in [0.4, 0.5) is 0 Å². The number of hydrogen-bond acceptors (Lipinski definition) is 5. The number of H-pyrrole nitrogens is 1. The average Bonchev–Trinajstić information content (AvgIpc) is 3.12. The molecule has 2 aromatic heterocycles. The quantitative estimate of drug-likeness (QED) is 0.474. The van der Waals surface area contributed by atoms with E-state index in [1.807, 2.05) is 0 Å². The van der Waals surface area contributed by atoms with E-state index in [2.05, 4.69) is 15.2 Å². The number of phenols is 1. The van der Waals surface area contributed by atoms with Crippen LogP contribution in [0.1, 0.15) is 10.4 Å². The molecule has 0 aliphatic heterocycles. The molecule has 0 atom stereocenters. The Balaban J connectivity index is 1.93. The number of halogens is 1. The minimum atomic E-state index is -1.10. The van der Waals surface area contributed by atoms with Crippen LogP contribution in [0.15, 0.2) is 48.5 Å². The van der Waals surface area contributed by atoms with Gasteiger partial charge in [-0.25, -0.2) is 9.78 Å². The maximum atomic E-state index is 12.0. The normalized spacial score (nSPS) is 10.9. The number of aromatic amines is 1. The highest BCUT2D eigenvalue weighted by Gasteiger charge is 2.20. The maximum absolute atomic E-state index is 12.0. The molecule has 7 nitrogen and oxygen atoms in total. The van der Waals surface area contributed by atoms with Crippen LogP contribution in [0.25, 0.3) is 33.5 Å². The number of carboxylic acids is 1. The lowest BCUT2D eigenvalue weighted by molar-refractivity contribution is 0.0699. The minimum Gasteiger partial charge on any atom is -0.504 e. The van der Waals surface area contributed by atoms with Crippen LogP contribution in [0, 0.1) is 0 Å². The van der Waals surface area contributed by atoms with Crippen LogP contribution >= 0.6 is 11.6 Å². The number of methoxy groups -OCH3 is 1. The van der Waals surface area contributed by atoms with Crippen molar-refractivity contribution in [1.82, 2.24) is 15.2 Å². The van der Waals surface area contributed by atoms with Gasteiger partial charge in [-0.1, -0.05) is 23.7 Å². The number of carbonyl (C=O) groups is 1. The summed E-state index contributed by atoms with van der Waals surface area (Å²) in [6, 6.07) is 13.1. The summed E-state index contributed by atoms with van der Waals surface area (Å²) in [5.74, 6) is -0.855. The molecule has 0 fully saturated rings. The van der Waals surface area contributed by atoms with E-state index in [-0.39, 0.29) is 22.7 Å². The summed E-state index contributed by atoms with van der Waals surface area (Å²) >= 11 is 5.94. The number of pyridine rings is 1. The molecule has 4 rings (SSSR count). The number of aromatic nitrogens is 3. The number of aromatic carboxylic acids is 1. The third kappa shape index (κ3) is 3.01. The number of phenolic OH excluding ortho intramolecular Hbond substituents is 1. The fourth-order valence-corrected chi connectivity index (χ4v) is 3.13. The van der Waals surface area contributed by atoms with E-state index in [4.69, 9.17) is 16.3 Å². The number of benzene rings is 2. The third-order valence-corrected chi connectivity index (χ3v) is 4.61. The van der Waals surface area contributed by atoms with Gasteiger partial charge in [0.1, 0.15) is 0 Å². The predicted octanol–water partition coefficient (Wildman–Crippen LogP) is 4.36. The van der Waals surface area contributed by atoms with E-state index in [9.17, 15) is 15.0 Å². The number of nitrogens with zero attached hydrogens (tertiary/aromatic N) is 2. The number of carboxylic acid groups (broad SMARTS) is 1. The van der Waals surface area contributed by atoms with Crippen LogP contribution in [0.2, 0.25) is 5.02 Å². The first-order valence-electron chi connectivity index (χ1n) is 8.23. The van der Waals surface area contributed by atoms with Gasteiger partial charge in [-0.3, -0.25) is 5.10 Å². The van der Waals surface area contributed by atoms with Crippen molar-refractivity contribution in [3.05, 3.63) is 59.1 Å². The molecule has 0 unspecified atom stereocenters. The van der Waals surface area contributed by atoms with Gasteiger partial charge < -0.3 is 14.9 Å². The first-order valence-corrected chi connectivity index (χ1v) is 8.61. The van der Waals surface area contributed by atoms with Crippen LogP contribution in [0.5, 0.6) is 11.5 Å². The molecule has 0 saturated heterocycles. The Bertz CT molecular complexity index is 1200. The van der Waals surface area contributed by atoms with E-state index < -0.39 is 5.97 Å². The van der Waals surface area contributed by atoms with Crippen molar-refractivity contribution in [1.29, 1.82) is 0 Å². The number of fused-ring (bicyclic) bond motifs is 1. The molecule has 0 radical (unpaired) electrons. The topological polar surface area (TPSA) is 108 Å². The summed E-state index contributed by atoms with van der Waals surface area (Å²) in [7, 11) is 1.43. The first-order chi connectivity index (χ1) is 13.5. The van der Waals surface area contributed by atoms with E-state index in [0.717, 1.165) is 5.56 Å². The smallest absolute Gasteiger partial charge is 0.336 e. The summed E-state index contributed by atoms with van der Waals surface area (Å²) in [5.41, 5.74) is 2.62. The van der Waals surface area contributed by atoms with Crippen molar-refractivity contribution in [3.8, 4) is 34.0 Å². The number of aromatic hydroxyl groups is 1. The Morgan fingerprint density at radius 2 is 1.82 bits per heavy atom. The van der Waals surface area contributed by atoms with Gasteiger partial charge in [0.25, 0.3) is 0 Å². The van der Waals surface area contributed by atoms with Gasteiger partial charge in [-0.2, -0.15) is 5.10 Å². The molecule has 2 aromatic carbocycles. The van der Waals surface area contributed by atoms with Gasteiger partial charge in [0.2, 0.25) is 0 Å². The van der Waals surface area contributed by atoms with E-state index in [0.29, 0.717) is 27.4 Å². The fraction of sp³-hybridized carbons (Fsp3) is 0.0500. The number of hydrogen-bond donors (Lipinski definition) is 3. The Kier molecular flexibility index (Phi) is 4.37. The van der Waals surface area contributed by atoms with Crippen LogP contribution in [-0.2, 0) is 0 Å². The number of ether oxygens (including phenoxy) is 1. The van der Waals surface area contributed by atoms with E-state index in [1.165, 1.54) is 19.2 Å². The summed E-state index contributed by atoms with van der Waals surface area (Å²) in [6.45, 7) is 0. The molecule has 2 heterocycles. The highest BCUT2D eigenvalue weighted by molar-refractivity contribution is 6.30. The molecular formula is C20H14ClN3O4. The molecule has 0 bridgehead atoms. The summed E-state index contributed by atoms with van der Waals surface area (Å²) < 4.78 is 5.12. The van der Waals surface area contributed by atoms with E-state index >= 15 is 0 Å². The minimum absolute atomic E-state index is 0.0180. The zero-order valence-corrected chi connectivity index (χ0v) is 15.4. The second-order valence-corrected chi connectivity index (χ2v) is 6.49. The van der Waals surface area contributed by atoms with Crippen molar-refractivity contribution in [2.24, 2.45) is 0 Å². The maximum Gasteiger partial charge on any atom is 0.336 e. The lowest BCUT2D eigenvalue weighted by Crippen LogP contribution is -2.00. The SMILES string of the molecule is COc1cc(-c2cc(C(=O)O)c3c(-c4ccc(Cl)cc4)[nH]nc3n2)ccc1O. The molecule has 0 amide bonds. The summed E-state index contributed by atoms with van der Waals surface area (Å²) in [6.07, 6.45) is 0. The lowest BCUT2D eigenvalue weighted by atomic mass is 10.0. The molecular weight excluding hydrogens is 382 g/mol. The Morgan fingerprint density at radius 3 is 2.50 bits per heavy atom. The zero-order chi connectivity index (χ0) is 19.8. The Morgan fingerprint density at radius 1 is 1.11 bits per heavy atom. The molecule has 0 spiro atoms. The highest BCUT2D eigenvalue weighted by Crippen LogP contribution is 2.34. The van der Waals surface area contributed by atoms with Crippen molar-refractivity contribution in [2.45, 2.75) is 0 Å². The van der Waals surface area contributed by atoms with Crippen LogP contribution < -0.4 is 4.74 Å². The van der Waals surface area contributed by atoms with Crippen molar-refractivity contribution < 1.29 is 19.7 Å². The van der Waals surface area contributed by atoms with E-state index in [1.54, 1.807) is 36.4 Å². The molecule has 28 heavy (non-hydrogen) atoms. The summed E-state index contributed by atoms with van der Waals surface area (Å²) in [5, 5.41) is 27.6. The van der Waals surface area contributed by atoms with Gasteiger partial charge in [0.05, 0.1) is 29.4 Å². The van der Waals surface area contributed by atoms with Gasteiger partial charge >= 0.3 is 5.97 Å². The lowest BCUT2D eigenvalue weighted by Gasteiger charge is -2.08. The van der Waals surface area contributed by atoms with Crippen LogP contribution in [0.3, 0.4) is 0 Å². The van der Waals surface area contributed by atoms with Gasteiger partial charge in [0.15, 0.2) is 17.1 Å². The average molecular weight is 396 g/mol. The van der Waals surface area contributed by atoms with Crippen LogP contribution in [-0.4, -0.2) is 38.5 Å². The molecule has 0 saturated carbocycles. The first kappa shape index (κ1) is 17.8. The highest BCUT2D eigenvalue weighted by atomic mass is 35.5. The second kappa shape index (κ2) is 6.86. The zero-order valence-electron chi connectivity index (χ0n) is 14.6. The molecule has 140 valence electrons. The molecule has 4 aromatic rings. The Labute approximate surface area is 164 Å². The standard InChI is InChI=1S/C20H14ClN3O4/c1-28-16-8-11(4-7-15(16)25)14-9-13(20(26)27)17-18(23-24-19(17)22-14)10-2-5-12(21)6-3-10/h2-9,25H,1H3,(H,26,27)(H,22,23,24). The largest absolute Gasteiger partial charge is 0.504 e. The van der Waals surface area contributed by atoms with Crippen molar-refractivity contribution in [3.63, 3.8) is 0 Å². The summed E-state index contributed by atoms with van der Waals surface area (Å²) in [4.78, 5) is 16.4. The molecule has 0 aliphatic rings. The number of rotatable bonds is 4. The Hall–Kier alpha value is -3.58. The molecule has 3 N–H and O–H groups in total. The monoisotopic (exact) mass is 395 g/mol. The van der Waals surface area contributed by atoms with Crippen molar-refractivity contribution in [2.75, 3.05) is 7.11 Å². The fourth-order valence-electron chi connectivity index (χ4n) is 3.00. The number of nitrogens with one attached hydrogen (secondary N) is 1. The third-order valence-electron chi connectivity index (χ3n) is 4.36. The predicted molar refractivity (Wildman–Crippen MR) is 105 cm³/mol. The van der Waals surface area contributed by atoms with Gasteiger partial charge in [0, 0.05) is 16.1 Å². The molecule has 0 aliphatic carbocycles. The molecule has 8 heteroatoms. The van der Waals surface area contributed by atoms with Crippen molar-refractivity contribution >= 4 is 28.6 Å². The second-order valence-electron chi connectivity index (χ2n) is 6.05. The van der Waals surface area contributed by atoms with Gasteiger partial charge in [-0.15, -0.1) is 0 Å².